The molecule has 2 unspecified atom stereocenters. The first-order chi connectivity index (χ1) is 6.92. The fraction of sp³-hybridized carbons (Fsp3) is 0.364. The molecule has 2 atom stereocenters. The van der Waals surface area contributed by atoms with Crippen molar-refractivity contribution in [3.63, 3.8) is 0 Å². The molecule has 0 saturated carbocycles. The summed E-state index contributed by atoms with van der Waals surface area (Å²) in [6.45, 7) is 0. The summed E-state index contributed by atoms with van der Waals surface area (Å²) in [6.07, 6.45) is 4.33. The number of rotatable bonds is 1. The Bertz CT molecular complexity index is 378. The zero-order valence-electron chi connectivity index (χ0n) is 7.89. The molecule has 0 bridgehead atoms. The molecule has 0 spiro atoms. The molecule has 1 saturated heterocycles. The molecule has 14 heavy (non-hydrogen) atoms. The molecule has 2 rings (SSSR count). The molecule has 0 aliphatic carbocycles. The van der Waals surface area contributed by atoms with Crippen LogP contribution in [-0.4, -0.2) is 5.75 Å². The van der Waals surface area contributed by atoms with E-state index in [0.29, 0.717) is 5.25 Å². The Hall–Kier alpha value is -1.14. The lowest BCUT2D eigenvalue weighted by Gasteiger charge is -2.10. The molecule has 0 radical (unpaired) electrons. The number of hydrogen-bond acceptors (Lipinski definition) is 2. The van der Waals surface area contributed by atoms with Gasteiger partial charge in [-0.15, -0.1) is 0 Å². The van der Waals surface area contributed by atoms with Gasteiger partial charge in [0.2, 0.25) is 6.19 Å². The first kappa shape index (κ1) is 9.42. The summed E-state index contributed by atoms with van der Waals surface area (Å²) >= 11 is 0. The summed E-state index contributed by atoms with van der Waals surface area (Å²) < 4.78 is 4.01. The van der Waals surface area contributed by atoms with E-state index in [2.05, 4.69) is 28.6 Å². The molecular formula is C11H12N2S. The van der Waals surface area contributed by atoms with Crippen LogP contribution in [0.15, 0.2) is 34.7 Å². The number of nitrogens with zero attached hydrogens (tertiary/aromatic N) is 2. The molecule has 72 valence electrons. The highest BCUT2D eigenvalue weighted by molar-refractivity contribution is 7.87. The van der Waals surface area contributed by atoms with E-state index < -0.39 is 0 Å². The molecule has 0 amide bonds. The molecule has 0 N–H and O–H groups in total. The van der Waals surface area contributed by atoms with Gasteiger partial charge in [-0.25, -0.2) is 0 Å². The van der Waals surface area contributed by atoms with Crippen LogP contribution in [0.4, 0.5) is 0 Å². The lowest BCUT2D eigenvalue weighted by molar-refractivity contribution is 0.828. The van der Waals surface area contributed by atoms with Crippen LogP contribution in [0, 0.1) is 11.5 Å². The first-order valence-corrected chi connectivity index (χ1v) is 6.18. The number of benzene rings is 1. The second kappa shape index (κ2) is 4.39. The van der Waals surface area contributed by atoms with Crippen molar-refractivity contribution in [1.29, 1.82) is 5.26 Å². The van der Waals surface area contributed by atoms with Gasteiger partial charge in [0.15, 0.2) is 0 Å². The second-order valence-electron chi connectivity index (χ2n) is 3.34. The highest BCUT2D eigenvalue weighted by atomic mass is 32.2. The summed E-state index contributed by atoms with van der Waals surface area (Å²) in [6, 6.07) is 10.4. The Labute approximate surface area is 86.7 Å². The largest absolute Gasteiger partial charge is 0.212 e. The smallest absolute Gasteiger partial charge is 0.170 e. The van der Waals surface area contributed by atoms with Gasteiger partial charge in [0, 0.05) is 11.0 Å². The Balaban J connectivity index is 2.28. The van der Waals surface area contributed by atoms with E-state index in [4.69, 9.17) is 5.26 Å². The van der Waals surface area contributed by atoms with Crippen LogP contribution < -0.4 is 0 Å². The fourth-order valence-corrected chi connectivity index (χ4v) is 3.83. The normalized spacial score (nSPS) is 26.2. The van der Waals surface area contributed by atoms with Gasteiger partial charge >= 0.3 is 0 Å². The SMILES string of the molecule is N#C/N=S1\CCCC1c1ccccc1. The van der Waals surface area contributed by atoms with E-state index >= 15 is 0 Å². The van der Waals surface area contributed by atoms with Crippen molar-refractivity contribution in [3.8, 4) is 6.19 Å². The van der Waals surface area contributed by atoms with Crippen molar-refractivity contribution in [2.45, 2.75) is 18.1 Å². The van der Waals surface area contributed by atoms with Crippen LogP contribution in [0.1, 0.15) is 23.7 Å². The van der Waals surface area contributed by atoms with Gasteiger partial charge in [-0.1, -0.05) is 41.0 Å². The van der Waals surface area contributed by atoms with Gasteiger partial charge in [0.25, 0.3) is 0 Å². The zero-order valence-corrected chi connectivity index (χ0v) is 8.70. The monoisotopic (exact) mass is 204 g/mol. The molecule has 1 fully saturated rings. The van der Waals surface area contributed by atoms with E-state index in [1.807, 2.05) is 12.3 Å². The van der Waals surface area contributed by atoms with Gasteiger partial charge in [0.05, 0.1) is 0 Å². The summed E-state index contributed by atoms with van der Waals surface area (Å²) in [5.74, 6) is 1.09. The molecule has 1 aliphatic rings. The zero-order chi connectivity index (χ0) is 9.80. The predicted octanol–water partition coefficient (Wildman–Crippen LogP) is 2.80. The number of nitriles is 1. The molecule has 1 aliphatic heterocycles. The van der Waals surface area contributed by atoms with E-state index in [9.17, 15) is 0 Å². The van der Waals surface area contributed by atoms with Crippen molar-refractivity contribution in [2.24, 2.45) is 4.36 Å². The minimum atomic E-state index is -0.0522. The molecule has 3 heteroatoms. The van der Waals surface area contributed by atoms with E-state index in [1.165, 1.54) is 18.4 Å². The lowest BCUT2D eigenvalue weighted by Crippen LogP contribution is -1.99. The number of hydrogen-bond donors (Lipinski definition) is 0. The average molecular weight is 204 g/mol. The van der Waals surface area contributed by atoms with Crippen LogP contribution in [-0.2, 0) is 10.7 Å². The summed E-state index contributed by atoms with van der Waals surface area (Å²) in [7, 11) is -0.0522. The van der Waals surface area contributed by atoms with E-state index in [1.54, 1.807) is 0 Å². The maximum Gasteiger partial charge on any atom is 0.212 e. The van der Waals surface area contributed by atoms with E-state index in [-0.39, 0.29) is 10.7 Å². The van der Waals surface area contributed by atoms with Crippen molar-refractivity contribution in [1.82, 2.24) is 0 Å². The first-order valence-electron chi connectivity index (χ1n) is 4.76. The maximum atomic E-state index is 8.58. The van der Waals surface area contributed by atoms with Crippen molar-refractivity contribution >= 4 is 10.7 Å². The van der Waals surface area contributed by atoms with Crippen LogP contribution in [0.25, 0.3) is 0 Å². The minimum absolute atomic E-state index is 0.0522. The average Bonchev–Trinajstić information content (AvgIpc) is 2.68. The van der Waals surface area contributed by atoms with Crippen LogP contribution in [0.3, 0.4) is 0 Å². The summed E-state index contributed by atoms with van der Waals surface area (Å²) in [5, 5.41) is 9.08. The third kappa shape index (κ3) is 1.85. The summed E-state index contributed by atoms with van der Waals surface area (Å²) in [4.78, 5) is 0. The molecular weight excluding hydrogens is 192 g/mol. The molecule has 1 aromatic carbocycles. The molecule has 2 nitrogen and oxygen atoms in total. The van der Waals surface area contributed by atoms with Crippen LogP contribution in [0.2, 0.25) is 0 Å². The van der Waals surface area contributed by atoms with Crippen molar-refractivity contribution in [3.05, 3.63) is 35.9 Å². The van der Waals surface area contributed by atoms with Gasteiger partial charge in [0.1, 0.15) is 0 Å². The molecule has 1 aromatic rings. The lowest BCUT2D eigenvalue weighted by atomic mass is 10.1. The standard InChI is InChI=1S/C11H12N2S/c12-9-13-14-8-4-7-11(14)10-5-2-1-3-6-10/h1-3,5-6,11H,4,7-8H2. The van der Waals surface area contributed by atoms with Gasteiger partial charge in [-0.05, 0) is 18.4 Å². The Kier molecular flexibility index (Phi) is 2.95. The van der Waals surface area contributed by atoms with Crippen LogP contribution >= 0.6 is 0 Å². The maximum absolute atomic E-state index is 8.58. The third-order valence-electron chi connectivity index (χ3n) is 2.48. The molecule has 0 aromatic heterocycles. The van der Waals surface area contributed by atoms with Crippen molar-refractivity contribution < 1.29 is 0 Å². The van der Waals surface area contributed by atoms with Gasteiger partial charge in [-0.2, -0.15) is 9.62 Å². The third-order valence-corrected chi connectivity index (χ3v) is 4.67. The van der Waals surface area contributed by atoms with E-state index in [0.717, 1.165) is 5.75 Å². The minimum Gasteiger partial charge on any atom is -0.170 e. The Morgan fingerprint density at radius 3 is 2.86 bits per heavy atom. The predicted molar refractivity (Wildman–Crippen MR) is 58.7 cm³/mol. The highest BCUT2D eigenvalue weighted by Gasteiger charge is 2.22. The van der Waals surface area contributed by atoms with Crippen LogP contribution in [0.5, 0.6) is 0 Å². The fourth-order valence-electron chi connectivity index (χ4n) is 1.85. The molecule has 1 heterocycles. The topological polar surface area (TPSA) is 36.1 Å². The quantitative estimate of drug-likeness (QED) is 0.648. The summed E-state index contributed by atoms with van der Waals surface area (Å²) in [5.41, 5.74) is 1.34. The van der Waals surface area contributed by atoms with Crippen molar-refractivity contribution in [2.75, 3.05) is 5.75 Å². The Morgan fingerprint density at radius 2 is 2.14 bits per heavy atom. The second-order valence-corrected chi connectivity index (χ2v) is 5.30. The van der Waals surface area contributed by atoms with Gasteiger partial charge in [-0.3, -0.25) is 0 Å². The van der Waals surface area contributed by atoms with Gasteiger partial charge < -0.3 is 0 Å². The highest BCUT2D eigenvalue weighted by Crippen LogP contribution is 2.32. The Morgan fingerprint density at radius 1 is 1.36 bits per heavy atom.